The summed E-state index contributed by atoms with van der Waals surface area (Å²) in [4.78, 5) is 21.6. The zero-order valence-electron chi connectivity index (χ0n) is 9.54. The van der Waals surface area contributed by atoms with Crippen LogP contribution in [0.5, 0.6) is 0 Å². The van der Waals surface area contributed by atoms with Crippen LogP contribution in [0, 0.1) is 5.92 Å². The highest BCUT2D eigenvalue weighted by molar-refractivity contribution is 5.87. The fourth-order valence-electron chi connectivity index (χ4n) is 1.68. The second-order valence-corrected chi connectivity index (χ2v) is 4.48. The van der Waals surface area contributed by atoms with E-state index in [9.17, 15) is 9.59 Å². The van der Waals surface area contributed by atoms with Crippen LogP contribution in [0.2, 0.25) is 0 Å². The zero-order valence-corrected chi connectivity index (χ0v) is 9.54. The predicted molar refractivity (Wildman–Crippen MR) is 58.5 cm³/mol. The van der Waals surface area contributed by atoms with Crippen molar-refractivity contribution in [3.8, 4) is 0 Å². The maximum atomic E-state index is 11.1. The minimum absolute atomic E-state index is 0.0302. The quantitative estimate of drug-likeness (QED) is 0.658. The van der Waals surface area contributed by atoms with Gasteiger partial charge >= 0.3 is 5.97 Å². The Morgan fingerprint density at radius 3 is 2.47 bits per heavy atom. The van der Waals surface area contributed by atoms with Gasteiger partial charge in [0.05, 0.1) is 0 Å². The number of carboxylic acid groups (broad SMARTS) is 1. The molecule has 0 aromatic heterocycles. The van der Waals surface area contributed by atoms with Crippen LogP contribution >= 0.6 is 0 Å². The summed E-state index contributed by atoms with van der Waals surface area (Å²) in [6.45, 7) is 8.96. The molecular weight excluding hydrogens is 194 g/mol. The van der Waals surface area contributed by atoms with Crippen LogP contribution in [-0.4, -0.2) is 22.5 Å². The molecule has 0 aromatic rings. The molecule has 1 unspecified atom stereocenters. The Bertz CT molecular complexity index is 259. The van der Waals surface area contributed by atoms with Gasteiger partial charge in [-0.3, -0.25) is 9.59 Å². The Morgan fingerprint density at radius 2 is 2.07 bits per heavy atom. The van der Waals surface area contributed by atoms with E-state index in [4.69, 9.17) is 5.11 Å². The number of amides is 1. The van der Waals surface area contributed by atoms with Crippen LogP contribution in [0.25, 0.3) is 0 Å². The maximum Gasteiger partial charge on any atom is 0.303 e. The summed E-state index contributed by atoms with van der Waals surface area (Å²) in [6.07, 6.45) is 1.95. The summed E-state index contributed by atoms with van der Waals surface area (Å²) < 4.78 is 0. The third-order valence-corrected chi connectivity index (χ3v) is 2.03. The van der Waals surface area contributed by atoms with E-state index in [1.54, 1.807) is 0 Å². The molecule has 1 amide bonds. The van der Waals surface area contributed by atoms with Gasteiger partial charge in [0.25, 0.3) is 0 Å². The molecule has 0 spiro atoms. The second kappa shape index (κ2) is 5.53. The molecule has 2 N–H and O–H groups in total. The monoisotopic (exact) mass is 213 g/mol. The molecule has 0 bridgehead atoms. The highest BCUT2D eigenvalue weighted by Crippen LogP contribution is 2.18. The van der Waals surface area contributed by atoms with Crippen LogP contribution < -0.4 is 5.32 Å². The van der Waals surface area contributed by atoms with Crippen LogP contribution in [0.3, 0.4) is 0 Å². The molecule has 0 saturated heterocycles. The fourth-order valence-corrected chi connectivity index (χ4v) is 1.68. The van der Waals surface area contributed by atoms with Crippen molar-refractivity contribution in [2.45, 2.75) is 39.2 Å². The lowest BCUT2D eigenvalue weighted by molar-refractivity contribution is -0.138. The number of carbonyl (C=O) groups excluding carboxylic acids is 1. The van der Waals surface area contributed by atoms with Crippen molar-refractivity contribution >= 4 is 11.9 Å². The molecule has 86 valence electrons. The largest absolute Gasteiger partial charge is 0.481 e. The van der Waals surface area contributed by atoms with Gasteiger partial charge in [-0.25, -0.2) is 0 Å². The molecule has 0 aliphatic rings. The van der Waals surface area contributed by atoms with Gasteiger partial charge in [0, 0.05) is 12.0 Å². The lowest BCUT2D eigenvalue weighted by Gasteiger charge is -2.28. The third-order valence-electron chi connectivity index (χ3n) is 2.03. The van der Waals surface area contributed by atoms with E-state index in [0.29, 0.717) is 6.42 Å². The molecule has 0 heterocycles. The average molecular weight is 213 g/mol. The lowest BCUT2D eigenvalue weighted by atomic mass is 9.89. The number of aliphatic carboxylic acids is 1. The van der Waals surface area contributed by atoms with Gasteiger partial charge in [0.1, 0.15) is 0 Å². The number of hydrogen-bond acceptors (Lipinski definition) is 2. The Kier molecular flexibility index (Phi) is 5.05. The topological polar surface area (TPSA) is 66.4 Å². The molecule has 1 atom stereocenters. The smallest absolute Gasteiger partial charge is 0.303 e. The van der Waals surface area contributed by atoms with Crippen LogP contribution in [-0.2, 0) is 9.59 Å². The minimum atomic E-state index is -0.812. The Balaban J connectivity index is 4.17. The normalized spacial score (nSPS) is 13.0. The number of carboxylic acids is 1. The number of hydrogen-bond donors (Lipinski definition) is 2. The Labute approximate surface area is 90.4 Å². The van der Waals surface area contributed by atoms with Crippen molar-refractivity contribution in [3.05, 3.63) is 12.7 Å². The summed E-state index contributed by atoms with van der Waals surface area (Å²) in [5, 5.41) is 11.4. The van der Waals surface area contributed by atoms with Gasteiger partial charge < -0.3 is 10.4 Å². The summed E-state index contributed by atoms with van der Waals surface area (Å²) in [6, 6.07) is 0. The van der Waals surface area contributed by atoms with E-state index in [1.807, 2.05) is 20.8 Å². The minimum Gasteiger partial charge on any atom is -0.481 e. The van der Waals surface area contributed by atoms with E-state index in [-0.39, 0.29) is 18.2 Å². The molecule has 0 aromatic carbocycles. The van der Waals surface area contributed by atoms with Gasteiger partial charge in [-0.15, -0.1) is 0 Å². The summed E-state index contributed by atoms with van der Waals surface area (Å²) in [5.41, 5.74) is -0.403. The van der Waals surface area contributed by atoms with Crippen molar-refractivity contribution in [3.63, 3.8) is 0 Å². The van der Waals surface area contributed by atoms with Gasteiger partial charge in [0.2, 0.25) is 5.91 Å². The van der Waals surface area contributed by atoms with Gasteiger partial charge in [-0.1, -0.05) is 13.5 Å². The lowest BCUT2D eigenvalue weighted by Crippen LogP contribution is -2.43. The molecule has 0 aliphatic heterocycles. The van der Waals surface area contributed by atoms with E-state index in [2.05, 4.69) is 11.9 Å². The van der Waals surface area contributed by atoms with Gasteiger partial charge in [0.15, 0.2) is 0 Å². The first-order chi connectivity index (χ1) is 6.76. The molecular formula is C11H19NO3. The molecule has 0 saturated carbocycles. The van der Waals surface area contributed by atoms with Crippen LogP contribution in [0.15, 0.2) is 12.7 Å². The second-order valence-electron chi connectivity index (χ2n) is 4.48. The van der Waals surface area contributed by atoms with Gasteiger partial charge in [-0.05, 0) is 32.3 Å². The Morgan fingerprint density at radius 1 is 1.53 bits per heavy atom. The zero-order chi connectivity index (χ0) is 12.1. The van der Waals surface area contributed by atoms with Gasteiger partial charge in [-0.2, -0.15) is 0 Å². The molecule has 0 radical (unpaired) electrons. The van der Waals surface area contributed by atoms with E-state index < -0.39 is 11.5 Å². The van der Waals surface area contributed by atoms with Crippen molar-refractivity contribution in [1.82, 2.24) is 5.32 Å². The molecule has 4 nitrogen and oxygen atoms in total. The number of rotatable bonds is 6. The van der Waals surface area contributed by atoms with Crippen molar-refractivity contribution in [2.24, 2.45) is 5.92 Å². The van der Waals surface area contributed by atoms with E-state index in [1.165, 1.54) is 6.08 Å². The summed E-state index contributed by atoms with van der Waals surface area (Å²) in [5.74, 6) is -1.02. The highest BCUT2D eigenvalue weighted by atomic mass is 16.4. The summed E-state index contributed by atoms with van der Waals surface area (Å²) in [7, 11) is 0. The van der Waals surface area contributed by atoms with Crippen molar-refractivity contribution < 1.29 is 14.7 Å². The number of nitrogens with one attached hydrogen (secondary N) is 1. The van der Waals surface area contributed by atoms with Crippen LogP contribution in [0.4, 0.5) is 0 Å². The third kappa shape index (κ3) is 6.71. The molecule has 0 aliphatic carbocycles. The van der Waals surface area contributed by atoms with Crippen LogP contribution in [0.1, 0.15) is 33.6 Å². The molecule has 0 rings (SSSR count). The fraction of sp³-hybridized carbons (Fsp3) is 0.636. The molecule has 0 fully saturated rings. The first kappa shape index (κ1) is 13.7. The summed E-state index contributed by atoms with van der Waals surface area (Å²) >= 11 is 0. The molecule has 15 heavy (non-hydrogen) atoms. The standard InChI is InChI=1S/C11H19NO3/c1-5-9(13)12-11(3,4)7-8(2)6-10(14)15/h5,8H,1,6-7H2,2-4H3,(H,12,13)(H,14,15). The van der Waals surface area contributed by atoms with E-state index in [0.717, 1.165) is 0 Å². The maximum absolute atomic E-state index is 11.1. The number of carbonyl (C=O) groups is 2. The Hall–Kier alpha value is -1.32. The van der Waals surface area contributed by atoms with Crippen molar-refractivity contribution in [1.29, 1.82) is 0 Å². The highest BCUT2D eigenvalue weighted by Gasteiger charge is 2.23. The predicted octanol–water partition coefficient (Wildman–Crippen LogP) is 1.57. The van der Waals surface area contributed by atoms with E-state index >= 15 is 0 Å². The molecule has 4 heteroatoms. The first-order valence-corrected chi connectivity index (χ1v) is 4.93. The SMILES string of the molecule is C=CC(=O)NC(C)(C)CC(C)CC(=O)O. The first-order valence-electron chi connectivity index (χ1n) is 4.93. The van der Waals surface area contributed by atoms with Crippen molar-refractivity contribution in [2.75, 3.05) is 0 Å². The average Bonchev–Trinajstić information content (AvgIpc) is 1.99.